The lowest BCUT2D eigenvalue weighted by Gasteiger charge is -2.61. The summed E-state index contributed by atoms with van der Waals surface area (Å²) in [7, 11) is 0. The van der Waals surface area contributed by atoms with E-state index in [-0.39, 0.29) is 67.7 Å². The van der Waals surface area contributed by atoms with Gasteiger partial charge < -0.3 is 28.4 Å². The Labute approximate surface area is 352 Å². The molecule has 0 radical (unpaired) electrons. The molecule has 9 atom stereocenters. The van der Waals surface area contributed by atoms with Crippen LogP contribution in [-0.4, -0.2) is 68.0 Å². The van der Waals surface area contributed by atoms with E-state index in [1.807, 2.05) is 32.9 Å². The third-order valence-electron chi connectivity index (χ3n) is 14.1. The zero-order chi connectivity index (χ0) is 43.0. The molecule has 4 fully saturated rings. The number of ether oxygens (including phenoxy) is 6. The van der Waals surface area contributed by atoms with Crippen LogP contribution in [0.25, 0.3) is 0 Å². The summed E-state index contributed by atoms with van der Waals surface area (Å²) >= 11 is 0. The molecule has 0 bridgehead atoms. The van der Waals surface area contributed by atoms with E-state index in [0.717, 1.165) is 51.4 Å². The van der Waals surface area contributed by atoms with Crippen molar-refractivity contribution in [3.05, 3.63) is 24.3 Å². The maximum Gasteiger partial charge on any atom is 0.511 e. The quantitative estimate of drug-likeness (QED) is 0.0335. The lowest BCUT2D eigenvalue weighted by atomic mass is 9.44. The predicted molar refractivity (Wildman–Crippen MR) is 220 cm³/mol. The minimum Gasteiger partial charge on any atom is -0.461 e. The lowest BCUT2D eigenvalue weighted by Crippen LogP contribution is -2.54. The number of esters is 4. The molecule has 59 heavy (non-hydrogen) atoms. The first-order valence-corrected chi connectivity index (χ1v) is 22.5. The molecular weight excluding hydrogens is 757 g/mol. The minimum absolute atomic E-state index is 0.0558. The average molecular weight is 829 g/mol. The second kappa shape index (κ2) is 23.3. The van der Waals surface area contributed by atoms with Crippen LogP contribution in [0.5, 0.6) is 0 Å². The number of unbranched alkanes of at least 4 members (excludes halogenated alkanes) is 1. The summed E-state index contributed by atoms with van der Waals surface area (Å²) in [5, 5.41) is 0. The molecule has 1 unspecified atom stereocenters. The van der Waals surface area contributed by atoms with E-state index in [0.29, 0.717) is 48.7 Å². The molecule has 0 aromatic heterocycles. The Bertz CT molecular complexity index is 1450. The highest BCUT2D eigenvalue weighted by Gasteiger charge is 2.61. The van der Waals surface area contributed by atoms with E-state index in [1.165, 1.54) is 19.3 Å². The number of ketones is 1. The molecule has 0 aromatic rings. The Balaban J connectivity index is 1.09. The first kappa shape index (κ1) is 48.0. The molecule has 4 aliphatic rings. The fourth-order valence-corrected chi connectivity index (χ4v) is 11.1. The van der Waals surface area contributed by atoms with Crippen LogP contribution >= 0.6 is 0 Å². The molecule has 0 amide bonds. The summed E-state index contributed by atoms with van der Waals surface area (Å²) in [6, 6.07) is 0. The van der Waals surface area contributed by atoms with E-state index in [4.69, 9.17) is 28.4 Å². The lowest BCUT2D eigenvalue weighted by molar-refractivity contribution is -0.166. The maximum absolute atomic E-state index is 12.8. The van der Waals surface area contributed by atoms with Crippen LogP contribution in [0.2, 0.25) is 0 Å². The van der Waals surface area contributed by atoms with Gasteiger partial charge in [-0.1, -0.05) is 71.8 Å². The van der Waals surface area contributed by atoms with Gasteiger partial charge in [0.2, 0.25) is 6.79 Å². The first-order valence-electron chi connectivity index (χ1n) is 22.5. The second-order valence-corrected chi connectivity index (χ2v) is 18.2. The summed E-state index contributed by atoms with van der Waals surface area (Å²) in [6.07, 6.45) is 18.4. The molecule has 0 aromatic carbocycles. The zero-order valence-electron chi connectivity index (χ0n) is 36.7. The average Bonchev–Trinajstić information content (AvgIpc) is 3.55. The molecule has 12 nitrogen and oxygen atoms in total. The third-order valence-corrected chi connectivity index (χ3v) is 14.1. The number of allylic oxidation sites excluding steroid dienone is 2. The standard InChI is InChI=1S/C47H72O12/c1-7-9-11-16-41(49)54-29-36(30-55-42(50)17-12-10-8-2)58-44(52)27-32(3)15-13-14-18-43(51)56-31-57-45(53)59-35-23-25-46(5)34(28-35)19-20-37-39-22-21-38(33(4)48)47(39,6)26-24-40(37)46/h9-12,32,34-40H,7-8,13-31H2,1-6H3/b11-9-,12-10-/t32?,34-,35+,37-,38+,39-,40-,46-,47+/m0/s1. The van der Waals surface area contributed by atoms with Crippen molar-refractivity contribution < 1.29 is 57.2 Å². The van der Waals surface area contributed by atoms with Gasteiger partial charge in [-0.2, -0.15) is 0 Å². The van der Waals surface area contributed by atoms with Crippen molar-refractivity contribution in [1.82, 2.24) is 0 Å². The van der Waals surface area contributed by atoms with Crippen LogP contribution in [0.4, 0.5) is 4.79 Å². The Kier molecular flexibility index (Phi) is 19.0. The van der Waals surface area contributed by atoms with Crippen molar-refractivity contribution in [1.29, 1.82) is 0 Å². The second-order valence-electron chi connectivity index (χ2n) is 18.2. The highest BCUT2D eigenvalue weighted by atomic mass is 16.8. The van der Waals surface area contributed by atoms with Crippen LogP contribution in [0.3, 0.4) is 0 Å². The highest BCUT2D eigenvalue weighted by molar-refractivity contribution is 5.79. The first-order chi connectivity index (χ1) is 28.2. The number of fused-ring (bicyclic) bond motifs is 5. The Morgan fingerprint density at radius 1 is 0.695 bits per heavy atom. The van der Waals surface area contributed by atoms with Gasteiger partial charge in [-0.25, -0.2) is 4.79 Å². The number of rotatable bonds is 22. The summed E-state index contributed by atoms with van der Waals surface area (Å²) in [4.78, 5) is 74.3. The van der Waals surface area contributed by atoms with Gasteiger partial charge >= 0.3 is 30.0 Å². The van der Waals surface area contributed by atoms with Gasteiger partial charge in [-0.3, -0.25) is 24.0 Å². The molecular formula is C47H72O12. The molecule has 0 N–H and O–H groups in total. The van der Waals surface area contributed by atoms with Crippen molar-refractivity contribution >= 4 is 35.8 Å². The predicted octanol–water partition coefficient (Wildman–Crippen LogP) is 9.55. The zero-order valence-corrected chi connectivity index (χ0v) is 36.7. The largest absolute Gasteiger partial charge is 0.511 e. The van der Waals surface area contributed by atoms with Gasteiger partial charge in [0.1, 0.15) is 25.1 Å². The van der Waals surface area contributed by atoms with Crippen molar-refractivity contribution in [3.8, 4) is 0 Å². The summed E-state index contributed by atoms with van der Waals surface area (Å²) in [6.45, 7) is 11.5. The molecule has 12 heteroatoms. The van der Waals surface area contributed by atoms with Crippen molar-refractivity contribution in [2.24, 2.45) is 46.3 Å². The molecule has 0 saturated heterocycles. The van der Waals surface area contributed by atoms with Crippen LogP contribution in [0.1, 0.15) is 157 Å². The van der Waals surface area contributed by atoms with E-state index in [9.17, 15) is 28.8 Å². The van der Waals surface area contributed by atoms with Gasteiger partial charge in [0.25, 0.3) is 0 Å². The number of Topliss-reactive ketones (excluding diaryl/α,β-unsaturated/α-hetero) is 1. The number of hydrogen-bond donors (Lipinski definition) is 0. The monoisotopic (exact) mass is 829 g/mol. The van der Waals surface area contributed by atoms with E-state index in [1.54, 1.807) is 19.1 Å². The molecule has 0 spiro atoms. The van der Waals surface area contributed by atoms with Gasteiger partial charge in [-0.05, 0) is 124 Å². The molecule has 0 heterocycles. The molecule has 4 rings (SSSR count). The van der Waals surface area contributed by atoms with Crippen LogP contribution < -0.4 is 0 Å². The molecule has 0 aliphatic heterocycles. The van der Waals surface area contributed by atoms with Crippen molar-refractivity contribution in [3.63, 3.8) is 0 Å². The summed E-state index contributed by atoms with van der Waals surface area (Å²) < 4.78 is 32.0. The highest BCUT2D eigenvalue weighted by Crippen LogP contribution is 2.67. The fraction of sp³-hybridized carbons (Fsp3) is 0.787. The van der Waals surface area contributed by atoms with Crippen LogP contribution in [0, 0.1) is 46.3 Å². The molecule has 4 saturated carbocycles. The summed E-state index contributed by atoms with van der Waals surface area (Å²) in [5.41, 5.74) is 0.361. The fourth-order valence-electron chi connectivity index (χ4n) is 11.1. The topological polar surface area (TPSA) is 158 Å². The smallest absolute Gasteiger partial charge is 0.461 e. The van der Waals surface area contributed by atoms with Crippen LogP contribution in [0.15, 0.2) is 24.3 Å². The van der Waals surface area contributed by atoms with Gasteiger partial charge in [-0.15, -0.1) is 0 Å². The third kappa shape index (κ3) is 13.9. The van der Waals surface area contributed by atoms with Crippen LogP contribution in [-0.2, 0) is 52.4 Å². The Morgan fingerprint density at radius 3 is 1.98 bits per heavy atom. The van der Waals surface area contributed by atoms with Gasteiger partial charge in [0, 0.05) is 18.8 Å². The van der Waals surface area contributed by atoms with E-state index in [2.05, 4.69) is 13.8 Å². The normalized spacial score (nSPS) is 29.2. The number of carbonyl (C=O) groups excluding carboxylic acids is 6. The van der Waals surface area contributed by atoms with Gasteiger partial charge in [0.05, 0.1) is 12.8 Å². The van der Waals surface area contributed by atoms with E-state index >= 15 is 0 Å². The van der Waals surface area contributed by atoms with Crippen molar-refractivity contribution in [2.75, 3.05) is 20.0 Å². The van der Waals surface area contributed by atoms with Crippen molar-refractivity contribution in [2.45, 2.75) is 169 Å². The molecule has 332 valence electrons. The number of carbonyl (C=O) groups is 6. The number of hydrogen-bond acceptors (Lipinski definition) is 12. The Morgan fingerprint density at radius 2 is 1.34 bits per heavy atom. The van der Waals surface area contributed by atoms with Gasteiger partial charge in [0.15, 0.2) is 6.10 Å². The summed E-state index contributed by atoms with van der Waals surface area (Å²) in [5.74, 6) is 1.02. The minimum atomic E-state index is -0.935. The van der Waals surface area contributed by atoms with E-state index < -0.39 is 42.9 Å². The molecule has 4 aliphatic carbocycles. The Hall–Kier alpha value is -3.70. The SMILES string of the molecule is CC/C=C\CC(=O)OCC(COC(=O)C/C=C\CC)OC(=O)CC(C)CCCCC(=O)OCOC(=O)O[C@@H]1CC[C@@]2(C)[C@@H](CC[C@@H]3[C@@H]2CC[C@]2(C)[C@@H](C(C)=O)CC[C@@H]32)C1. The maximum atomic E-state index is 12.8.